The SMILES string of the molecule is O=C(NCc1ccccc1)c1cccc(CN2CCN(C(=O)c3ccco3)CC2)c1. The molecular formula is C24H25N3O3. The summed E-state index contributed by atoms with van der Waals surface area (Å²) in [4.78, 5) is 29.0. The fourth-order valence-corrected chi connectivity index (χ4v) is 3.61. The van der Waals surface area contributed by atoms with Crippen LogP contribution in [-0.2, 0) is 13.1 Å². The van der Waals surface area contributed by atoms with Crippen LogP contribution >= 0.6 is 0 Å². The van der Waals surface area contributed by atoms with Gasteiger partial charge in [0.25, 0.3) is 11.8 Å². The van der Waals surface area contributed by atoms with Gasteiger partial charge in [-0.1, -0.05) is 42.5 Å². The van der Waals surface area contributed by atoms with Gasteiger partial charge in [-0.3, -0.25) is 14.5 Å². The van der Waals surface area contributed by atoms with Gasteiger partial charge in [0.05, 0.1) is 6.26 Å². The number of rotatable bonds is 6. The van der Waals surface area contributed by atoms with Crippen LogP contribution in [0.1, 0.15) is 32.0 Å². The molecule has 1 aromatic heterocycles. The third kappa shape index (κ3) is 4.96. The number of benzene rings is 2. The topological polar surface area (TPSA) is 65.8 Å². The summed E-state index contributed by atoms with van der Waals surface area (Å²) in [6.45, 7) is 4.17. The fourth-order valence-electron chi connectivity index (χ4n) is 3.61. The van der Waals surface area contributed by atoms with Gasteiger partial charge in [0.2, 0.25) is 0 Å². The number of carbonyl (C=O) groups excluding carboxylic acids is 2. The summed E-state index contributed by atoms with van der Waals surface area (Å²) in [5.74, 6) is 0.254. The molecule has 1 fully saturated rings. The first kappa shape index (κ1) is 19.9. The molecule has 0 aliphatic carbocycles. The number of amides is 2. The first-order chi connectivity index (χ1) is 14.7. The Hall–Kier alpha value is -3.38. The van der Waals surface area contributed by atoms with Gasteiger partial charge in [-0.2, -0.15) is 0 Å². The van der Waals surface area contributed by atoms with Crippen LogP contribution in [0.5, 0.6) is 0 Å². The molecule has 2 amide bonds. The number of furan rings is 1. The highest BCUT2D eigenvalue weighted by Gasteiger charge is 2.23. The van der Waals surface area contributed by atoms with Gasteiger partial charge < -0.3 is 14.6 Å². The van der Waals surface area contributed by atoms with Gasteiger partial charge in [-0.15, -0.1) is 0 Å². The van der Waals surface area contributed by atoms with Crippen molar-refractivity contribution in [2.75, 3.05) is 26.2 Å². The van der Waals surface area contributed by atoms with Crippen molar-refractivity contribution in [3.63, 3.8) is 0 Å². The molecular weight excluding hydrogens is 378 g/mol. The third-order valence-corrected chi connectivity index (χ3v) is 5.28. The minimum atomic E-state index is -0.0745. The van der Waals surface area contributed by atoms with Crippen molar-refractivity contribution in [2.24, 2.45) is 0 Å². The second-order valence-corrected chi connectivity index (χ2v) is 7.41. The van der Waals surface area contributed by atoms with Crippen LogP contribution in [0.4, 0.5) is 0 Å². The number of nitrogens with one attached hydrogen (secondary N) is 1. The van der Waals surface area contributed by atoms with Crippen molar-refractivity contribution in [2.45, 2.75) is 13.1 Å². The summed E-state index contributed by atoms with van der Waals surface area (Å²) in [5.41, 5.74) is 2.83. The lowest BCUT2D eigenvalue weighted by Gasteiger charge is -2.34. The van der Waals surface area contributed by atoms with E-state index in [0.717, 1.165) is 30.8 Å². The third-order valence-electron chi connectivity index (χ3n) is 5.28. The predicted molar refractivity (Wildman–Crippen MR) is 114 cm³/mol. The van der Waals surface area contributed by atoms with E-state index in [1.165, 1.54) is 6.26 Å². The minimum Gasteiger partial charge on any atom is -0.459 e. The molecule has 0 bridgehead atoms. The largest absolute Gasteiger partial charge is 0.459 e. The van der Waals surface area contributed by atoms with Crippen LogP contribution in [0, 0.1) is 0 Å². The molecule has 154 valence electrons. The Bertz CT molecular complexity index is 978. The molecule has 2 heterocycles. The highest BCUT2D eigenvalue weighted by Crippen LogP contribution is 2.13. The smallest absolute Gasteiger partial charge is 0.289 e. The summed E-state index contributed by atoms with van der Waals surface area (Å²) in [6.07, 6.45) is 1.52. The summed E-state index contributed by atoms with van der Waals surface area (Å²) >= 11 is 0. The molecule has 1 saturated heterocycles. The minimum absolute atomic E-state index is 0.0586. The average Bonchev–Trinajstić information content (AvgIpc) is 3.33. The number of nitrogens with zero attached hydrogens (tertiary/aromatic N) is 2. The van der Waals surface area contributed by atoms with Crippen LogP contribution in [0.25, 0.3) is 0 Å². The molecule has 6 heteroatoms. The number of hydrogen-bond donors (Lipinski definition) is 1. The maximum atomic E-state index is 12.5. The van der Waals surface area contributed by atoms with E-state index >= 15 is 0 Å². The van der Waals surface area contributed by atoms with Gasteiger partial charge in [-0.05, 0) is 35.4 Å². The maximum Gasteiger partial charge on any atom is 0.289 e. The van der Waals surface area contributed by atoms with Crippen molar-refractivity contribution in [1.82, 2.24) is 15.1 Å². The lowest BCUT2D eigenvalue weighted by Crippen LogP contribution is -2.48. The highest BCUT2D eigenvalue weighted by atomic mass is 16.3. The Labute approximate surface area is 176 Å². The quantitative estimate of drug-likeness (QED) is 0.687. The average molecular weight is 403 g/mol. The van der Waals surface area contributed by atoms with E-state index in [4.69, 9.17) is 4.42 Å². The number of piperazine rings is 1. The second kappa shape index (κ2) is 9.41. The van der Waals surface area contributed by atoms with Gasteiger partial charge in [-0.25, -0.2) is 0 Å². The summed E-state index contributed by atoms with van der Waals surface area (Å²) in [6, 6.07) is 21.0. The van der Waals surface area contributed by atoms with Gasteiger partial charge in [0.15, 0.2) is 5.76 Å². The number of hydrogen-bond acceptors (Lipinski definition) is 4. The van der Waals surface area contributed by atoms with Gasteiger partial charge in [0.1, 0.15) is 0 Å². The van der Waals surface area contributed by atoms with E-state index in [9.17, 15) is 9.59 Å². The lowest BCUT2D eigenvalue weighted by molar-refractivity contribution is 0.0597. The molecule has 4 rings (SSSR count). The van der Waals surface area contributed by atoms with Gasteiger partial charge in [0, 0.05) is 44.8 Å². The zero-order valence-corrected chi connectivity index (χ0v) is 16.8. The Kier molecular flexibility index (Phi) is 6.25. The molecule has 1 aliphatic heterocycles. The summed E-state index contributed by atoms with van der Waals surface area (Å²) in [7, 11) is 0. The Balaban J connectivity index is 1.29. The Morgan fingerprint density at radius 2 is 1.63 bits per heavy atom. The molecule has 1 N–H and O–H groups in total. The van der Waals surface area contributed by atoms with Crippen molar-refractivity contribution < 1.29 is 14.0 Å². The molecule has 6 nitrogen and oxygen atoms in total. The highest BCUT2D eigenvalue weighted by molar-refractivity contribution is 5.94. The van der Waals surface area contributed by atoms with Crippen LogP contribution in [-0.4, -0.2) is 47.8 Å². The van der Waals surface area contributed by atoms with Crippen LogP contribution < -0.4 is 5.32 Å². The molecule has 30 heavy (non-hydrogen) atoms. The molecule has 2 aromatic carbocycles. The van der Waals surface area contributed by atoms with Crippen molar-refractivity contribution in [3.05, 3.63) is 95.4 Å². The molecule has 3 aromatic rings. The van der Waals surface area contributed by atoms with E-state index in [0.29, 0.717) is 31.0 Å². The zero-order valence-electron chi connectivity index (χ0n) is 16.8. The summed E-state index contributed by atoms with van der Waals surface area (Å²) < 4.78 is 5.21. The molecule has 0 radical (unpaired) electrons. The maximum absolute atomic E-state index is 12.5. The summed E-state index contributed by atoms with van der Waals surface area (Å²) in [5, 5.41) is 2.97. The normalized spacial score (nSPS) is 14.5. The lowest BCUT2D eigenvalue weighted by atomic mass is 10.1. The molecule has 1 aliphatic rings. The molecule has 0 spiro atoms. The van der Waals surface area contributed by atoms with Gasteiger partial charge >= 0.3 is 0 Å². The standard InChI is InChI=1S/C24H25N3O3/c28-23(25-17-19-6-2-1-3-7-19)21-9-4-8-20(16-21)18-26-11-13-27(14-12-26)24(29)22-10-5-15-30-22/h1-10,15-16H,11-14,17-18H2,(H,25,28). The monoisotopic (exact) mass is 403 g/mol. The molecule has 0 atom stereocenters. The van der Waals surface area contributed by atoms with Crippen molar-refractivity contribution in [1.29, 1.82) is 0 Å². The Morgan fingerprint density at radius 3 is 2.37 bits per heavy atom. The predicted octanol–water partition coefficient (Wildman–Crippen LogP) is 3.17. The van der Waals surface area contributed by atoms with Crippen LogP contribution in [0.2, 0.25) is 0 Å². The van der Waals surface area contributed by atoms with E-state index in [1.807, 2.05) is 59.5 Å². The van der Waals surface area contributed by atoms with Crippen molar-refractivity contribution >= 4 is 11.8 Å². The zero-order chi connectivity index (χ0) is 20.8. The van der Waals surface area contributed by atoms with E-state index in [1.54, 1.807) is 12.1 Å². The van der Waals surface area contributed by atoms with Crippen molar-refractivity contribution in [3.8, 4) is 0 Å². The molecule has 0 unspecified atom stereocenters. The van der Waals surface area contributed by atoms with Crippen LogP contribution in [0.15, 0.2) is 77.4 Å². The van der Waals surface area contributed by atoms with E-state index < -0.39 is 0 Å². The first-order valence-corrected chi connectivity index (χ1v) is 10.2. The second-order valence-electron chi connectivity index (χ2n) is 7.41. The fraction of sp³-hybridized carbons (Fsp3) is 0.250. The number of carbonyl (C=O) groups is 2. The van der Waals surface area contributed by atoms with Crippen LogP contribution in [0.3, 0.4) is 0 Å². The van der Waals surface area contributed by atoms with E-state index in [2.05, 4.69) is 10.2 Å². The molecule has 0 saturated carbocycles. The van der Waals surface area contributed by atoms with E-state index in [-0.39, 0.29) is 11.8 Å². The Morgan fingerprint density at radius 1 is 0.867 bits per heavy atom. The first-order valence-electron chi connectivity index (χ1n) is 10.2.